The molecule has 0 saturated carbocycles. The molecule has 20 heavy (non-hydrogen) atoms. The maximum absolute atomic E-state index is 13.2. The van der Waals surface area contributed by atoms with Crippen molar-refractivity contribution in [3.05, 3.63) is 58.4 Å². The first-order valence-corrected chi connectivity index (χ1v) is 6.09. The molecule has 0 atom stereocenters. The second-order valence-corrected chi connectivity index (χ2v) is 4.54. The molecule has 2 aromatic carbocycles. The summed E-state index contributed by atoms with van der Waals surface area (Å²) in [5.41, 5.74) is 0.748. The Kier molecular flexibility index (Phi) is 4.10. The van der Waals surface area contributed by atoms with Crippen LogP contribution in [0.4, 0.5) is 4.39 Å². The number of aromatic hydroxyl groups is 2. The quantitative estimate of drug-likeness (QED) is 0.763. The van der Waals surface area contributed by atoms with Gasteiger partial charge in [-0.3, -0.25) is 4.79 Å². The Labute approximate surface area is 119 Å². The highest BCUT2D eigenvalue weighted by molar-refractivity contribution is 6.30. The molecule has 0 heterocycles. The third kappa shape index (κ3) is 3.19. The number of amides is 1. The molecule has 3 N–H and O–H groups in total. The molecule has 4 nitrogen and oxygen atoms in total. The number of rotatable bonds is 3. The van der Waals surface area contributed by atoms with Gasteiger partial charge in [0.05, 0.1) is 5.02 Å². The SMILES string of the molecule is O=C(NCc1ccc(O)c(O)c1)c1ccc(Cl)c(F)c1. The lowest BCUT2D eigenvalue weighted by Crippen LogP contribution is -2.22. The molecule has 0 aromatic heterocycles. The molecule has 1 amide bonds. The van der Waals surface area contributed by atoms with Crippen LogP contribution in [0.5, 0.6) is 11.5 Å². The van der Waals surface area contributed by atoms with Crippen LogP contribution in [0.3, 0.4) is 0 Å². The maximum atomic E-state index is 13.2. The van der Waals surface area contributed by atoms with Gasteiger partial charge in [-0.05, 0) is 35.9 Å². The second kappa shape index (κ2) is 5.79. The second-order valence-electron chi connectivity index (χ2n) is 4.13. The first-order valence-electron chi connectivity index (χ1n) is 5.71. The zero-order valence-electron chi connectivity index (χ0n) is 10.2. The summed E-state index contributed by atoms with van der Waals surface area (Å²) in [5, 5.41) is 21.0. The van der Waals surface area contributed by atoms with Crippen molar-refractivity contribution in [3.8, 4) is 11.5 Å². The lowest BCUT2D eigenvalue weighted by atomic mass is 10.1. The molecule has 0 aliphatic rings. The maximum Gasteiger partial charge on any atom is 0.251 e. The Bertz CT molecular complexity index is 661. The highest BCUT2D eigenvalue weighted by Gasteiger charge is 2.09. The zero-order valence-corrected chi connectivity index (χ0v) is 11.0. The van der Waals surface area contributed by atoms with Crippen molar-refractivity contribution in [1.82, 2.24) is 5.32 Å². The third-order valence-corrected chi connectivity index (χ3v) is 2.98. The van der Waals surface area contributed by atoms with Gasteiger partial charge in [-0.15, -0.1) is 0 Å². The highest BCUT2D eigenvalue weighted by atomic mass is 35.5. The molecular formula is C14H11ClFNO3. The smallest absolute Gasteiger partial charge is 0.251 e. The Balaban J connectivity index is 2.04. The topological polar surface area (TPSA) is 69.6 Å². The van der Waals surface area contributed by atoms with E-state index in [1.807, 2.05) is 0 Å². The molecule has 2 rings (SSSR count). The van der Waals surface area contributed by atoms with E-state index in [2.05, 4.69) is 5.32 Å². The minimum atomic E-state index is -0.665. The molecule has 0 unspecified atom stereocenters. The van der Waals surface area contributed by atoms with Gasteiger partial charge in [0.25, 0.3) is 5.91 Å². The monoisotopic (exact) mass is 295 g/mol. The lowest BCUT2D eigenvalue weighted by molar-refractivity contribution is 0.0950. The van der Waals surface area contributed by atoms with Crippen molar-refractivity contribution < 1.29 is 19.4 Å². The lowest BCUT2D eigenvalue weighted by Gasteiger charge is -2.07. The number of phenolic OH excluding ortho intramolecular Hbond substituents is 2. The van der Waals surface area contributed by atoms with E-state index in [0.29, 0.717) is 5.56 Å². The van der Waals surface area contributed by atoms with Gasteiger partial charge in [-0.25, -0.2) is 4.39 Å². The summed E-state index contributed by atoms with van der Waals surface area (Å²) < 4.78 is 13.2. The molecule has 2 aromatic rings. The Hall–Kier alpha value is -2.27. The van der Waals surface area contributed by atoms with Crippen molar-refractivity contribution in [2.24, 2.45) is 0 Å². The first kappa shape index (κ1) is 14.1. The number of hydrogen-bond donors (Lipinski definition) is 3. The summed E-state index contributed by atoms with van der Waals surface area (Å²) in [7, 11) is 0. The van der Waals surface area contributed by atoms with Crippen molar-refractivity contribution in [2.45, 2.75) is 6.54 Å². The fourth-order valence-electron chi connectivity index (χ4n) is 1.60. The Morgan fingerprint density at radius 1 is 1.15 bits per heavy atom. The van der Waals surface area contributed by atoms with Crippen molar-refractivity contribution in [3.63, 3.8) is 0 Å². The average Bonchev–Trinajstić information content (AvgIpc) is 2.43. The van der Waals surface area contributed by atoms with E-state index in [4.69, 9.17) is 16.7 Å². The molecule has 0 fully saturated rings. The highest BCUT2D eigenvalue weighted by Crippen LogP contribution is 2.24. The number of halogens is 2. The van der Waals surface area contributed by atoms with E-state index in [9.17, 15) is 14.3 Å². The van der Waals surface area contributed by atoms with E-state index in [1.54, 1.807) is 6.07 Å². The first-order chi connectivity index (χ1) is 9.47. The van der Waals surface area contributed by atoms with Gasteiger partial charge in [0.1, 0.15) is 5.82 Å². The predicted octanol–water partition coefficient (Wildman–Crippen LogP) is 2.82. The fourth-order valence-corrected chi connectivity index (χ4v) is 1.72. The number of carbonyl (C=O) groups excluding carboxylic acids is 1. The molecular weight excluding hydrogens is 285 g/mol. The van der Waals surface area contributed by atoms with Crippen LogP contribution in [0.25, 0.3) is 0 Å². The van der Waals surface area contributed by atoms with Crippen LogP contribution < -0.4 is 5.32 Å². The number of hydrogen-bond acceptors (Lipinski definition) is 3. The molecule has 6 heteroatoms. The molecule has 0 spiro atoms. The van der Waals surface area contributed by atoms with Gasteiger partial charge in [0, 0.05) is 12.1 Å². The van der Waals surface area contributed by atoms with Crippen LogP contribution in [0.15, 0.2) is 36.4 Å². The molecule has 0 aliphatic carbocycles. The molecule has 104 valence electrons. The Morgan fingerprint density at radius 3 is 2.55 bits per heavy atom. The van der Waals surface area contributed by atoms with Gasteiger partial charge in [0.2, 0.25) is 0 Å². The van der Waals surface area contributed by atoms with Gasteiger partial charge in [-0.2, -0.15) is 0 Å². The number of phenols is 2. The van der Waals surface area contributed by atoms with E-state index < -0.39 is 11.7 Å². The molecule has 0 aliphatic heterocycles. The Morgan fingerprint density at radius 2 is 1.90 bits per heavy atom. The third-order valence-electron chi connectivity index (χ3n) is 2.67. The fraction of sp³-hybridized carbons (Fsp3) is 0.0714. The van der Waals surface area contributed by atoms with Crippen LogP contribution in [-0.4, -0.2) is 16.1 Å². The minimum Gasteiger partial charge on any atom is -0.504 e. The average molecular weight is 296 g/mol. The summed E-state index contributed by atoms with van der Waals surface area (Å²) in [6.07, 6.45) is 0. The van der Waals surface area contributed by atoms with Gasteiger partial charge in [-0.1, -0.05) is 17.7 Å². The summed E-state index contributed by atoms with van der Waals surface area (Å²) in [6.45, 7) is 0.136. The standard InChI is InChI=1S/C14H11ClFNO3/c15-10-3-2-9(6-11(10)16)14(20)17-7-8-1-4-12(18)13(19)5-8/h1-6,18-19H,7H2,(H,17,20). The molecule has 0 bridgehead atoms. The molecule has 0 radical (unpaired) electrons. The van der Waals surface area contributed by atoms with Crippen LogP contribution in [0.1, 0.15) is 15.9 Å². The van der Waals surface area contributed by atoms with Crippen LogP contribution >= 0.6 is 11.6 Å². The zero-order chi connectivity index (χ0) is 14.7. The van der Waals surface area contributed by atoms with Crippen molar-refractivity contribution in [2.75, 3.05) is 0 Å². The van der Waals surface area contributed by atoms with Crippen molar-refractivity contribution in [1.29, 1.82) is 0 Å². The number of carbonyl (C=O) groups is 1. The minimum absolute atomic E-state index is 0.0509. The van der Waals surface area contributed by atoms with Gasteiger partial charge in [0.15, 0.2) is 11.5 Å². The van der Waals surface area contributed by atoms with E-state index >= 15 is 0 Å². The predicted molar refractivity (Wildman–Crippen MR) is 72.4 cm³/mol. The van der Waals surface area contributed by atoms with Crippen LogP contribution in [-0.2, 0) is 6.54 Å². The van der Waals surface area contributed by atoms with Crippen LogP contribution in [0.2, 0.25) is 5.02 Å². The van der Waals surface area contributed by atoms with Crippen molar-refractivity contribution >= 4 is 17.5 Å². The van der Waals surface area contributed by atoms with Crippen LogP contribution in [0, 0.1) is 5.82 Å². The van der Waals surface area contributed by atoms with Gasteiger partial charge < -0.3 is 15.5 Å². The summed E-state index contributed by atoms with van der Waals surface area (Å²) in [4.78, 5) is 11.8. The summed E-state index contributed by atoms with van der Waals surface area (Å²) >= 11 is 5.53. The van der Waals surface area contributed by atoms with Gasteiger partial charge >= 0.3 is 0 Å². The molecule has 0 saturated heterocycles. The number of nitrogens with one attached hydrogen (secondary N) is 1. The van der Waals surface area contributed by atoms with E-state index in [0.717, 1.165) is 6.07 Å². The normalized spacial score (nSPS) is 10.3. The summed E-state index contributed by atoms with van der Waals surface area (Å²) in [6, 6.07) is 7.97. The summed E-state index contributed by atoms with van der Waals surface area (Å²) in [5.74, 6) is -1.64. The number of benzene rings is 2. The van der Waals surface area contributed by atoms with E-state index in [1.165, 1.54) is 24.3 Å². The largest absolute Gasteiger partial charge is 0.504 e. The van der Waals surface area contributed by atoms with E-state index in [-0.39, 0.29) is 28.6 Å².